The van der Waals surface area contributed by atoms with Crippen molar-refractivity contribution in [1.29, 1.82) is 0 Å². The van der Waals surface area contributed by atoms with Crippen molar-refractivity contribution in [1.82, 2.24) is 15.5 Å². The molecule has 27 heavy (non-hydrogen) atoms. The van der Waals surface area contributed by atoms with Crippen LogP contribution in [0.15, 0.2) is 28.6 Å². The Morgan fingerprint density at radius 3 is 2.70 bits per heavy atom. The van der Waals surface area contributed by atoms with Gasteiger partial charge in [0.15, 0.2) is 4.34 Å². The average Bonchev–Trinajstić information content (AvgIpc) is 3.10. The Hall–Kier alpha value is -2.20. The standard InChI is InChI=1S/C17H20FN5O2S2/c18-12-8-4-5-9-13(12)20-14(24)10-26-17-23-22-16(27-17)21-15(25)19-11-6-2-1-3-7-11/h4-5,8-9,11H,1-3,6-7,10H2,(H,20,24)(H2,19,21,22,25). The van der Waals surface area contributed by atoms with Gasteiger partial charge in [0.05, 0.1) is 11.4 Å². The minimum atomic E-state index is -0.484. The maximum atomic E-state index is 13.5. The topological polar surface area (TPSA) is 96.0 Å². The van der Waals surface area contributed by atoms with Gasteiger partial charge >= 0.3 is 6.03 Å². The maximum Gasteiger partial charge on any atom is 0.321 e. The van der Waals surface area contributed by atoms with Gasteiger partial charge in [-0.2, -0.15) is 0 Å². The number of halogens is 1. The van der Waals surface area contributed by atoms with E-state index < -0.39 is 5.82 Å². The third-order valence-electron chi connectivity index (χ3n) is 4.04. The number of aromatic nitrogens is 2. The summed E-state index contributed by atoms with van der Waals surface area (Å²) in [5.41, 5.74) is 0.141. The van der Waals surface area contributed by atoms with Gasteiger partial charge in [-0.15, -0.1) is 10.2 Å². The summed E-state index contributed by atoms with van der Waals surface area (Å²) in [5.74, 6) is -0.760. The molecule has 3 rings (SSSR count). The summed E-state index contributed by atoms with van der Waals surface area (Å²) in [4.78, 5) is 23.9. The number of para-hydroxylation sites is 1. The summed E-state index contributed by atoms with van der Waals surface area (Å²) in [6.07, 6.45) is 5.50. The van der Waals surface area contributed by atoms with E-state index in [-0.39, 0.29) is 29.4 Å². The van der Waals surface area contributed by atoms with E-state index in [0.29, 0.717) is 9.47 Å². The lowest BCUT2D eigenvalue weighted by molar-refractivity contribution is -0.113. The van der Waals surface area contributed by atoms with E-state index in [1.54, 1.807) is 12.1 Å². The van der Waals surface area contributed by atoms with Gasteiger partial charge in [-0.3, -0.25) is 10.1 Å². The van der Waals surface area contributed by atoms with Crippen LogP contribution in [0.2, 0.25) is 0 Å². The number of hydrogen-bond donors (Lipinski definition) is 3. The van der Waals surface area contributed by atoms with E-state index in [1.165, 1.54) is 41.7 Å². The number of carbonyl (C=O) groups excluding carboxylic acids is 2. The third-order valence-corrected chi connectivity index (χ3v) is 6.01. The second kappa shape index (κ2) is 9.65. The van der Waals surface area contributed by atoms with Crippen molar-refractivity contribution in [2.45, 2.75) is 42.5 Å². The minimum absolute atomic E-state index is 0.0667. The predicted octanol–water partition coefficient (Wildman–Crippen LogP) is 3.86. The smallest absolute Gasteiger partial charge is 0.321 e. The van der Waals surface area contributed by atoms with Gasteiger partial charge in [-0.25, -0.2) is 9.18 Å². The van der Waals surface area contributed by atoms with Crippen LogP contribution in [0.3, 0.4) is 0 Å². The van der Waals surface area contributed by atoms with Crippen molar-refractivity contribution in [2.24, 2.45) is 0 Å². The fourth-order valence-electron chi connectivity index (χ4n) is 2.76. The molecule has 7 nitrogen and oxygen atoms in total. The normalized spacial score (nSPS) is 14.6. The lowest BCUT2D eigenvalue weighted by Gasteiger charge is -2.22. The van der Waals surface area contributed by atoms with Crippen molar-refractivity contribution in [3.63, 3.8) is 0 Å². The molecule has 0 saturated heterocycles. The number of urea groups is 1. The van der Waals surface area contributed by atoms with Gasteiger partial charge < -0.3 is 10.6 Å². The molecule has 10 heteroatoms. The van der Waals surface area contributed by atoms with E-state index in [4.69, 9.17) is 0 Å². The molecule has 3 amide bonds. The number of thioether (sulfide) groups is 1. The van der Waals surface area contributed by atoms with Crippen LogP contribution in [-0.2, 0) is 4.79 Å². The Balaban J connectivity index is 1.43. The lowest BCUT2D eigenvalue weighted by Crippen LogP contribution is -2.38. The largest absolute Gasteiger partial charge is 0.335 e. The van der Waals surface area contributed by atoms with Gasteiger partial charge in [0.1, 0.15) is 5.82 Å². The van der Waals surface area contributed by atoms with Crippen molar-refractivity contribution < 1.29 is 14.0 Å². The number of benzene rings is 1. The molecule has 1 aromatic heterocycles. The predicted molar refractivity (Wildman–Crippen MR) is 105 cm³/mol. The van der Waals surface area contributed by atoms with Crippen LogP contribution >= 0.6 is 23.1 Å². The van der Waals surface area contributed by atoms with Gasteiger partial charge in [-0.1, -0.05) is 54.5 Å². The zero-order valence-electron chi connectivity index (χ0n) is 14.5. The van der Waals surface area contributed by atoms with Crippen molar-refractivity contribution >= 4 is 45.9 Å². The zero-order chi connectivity index (χ0) is 19.1. The van der Waals surface area contributed by atoms with E-state index in [9.17, 15) is 14.0 Å². The van der Waals surface area contributed by atoms with Crippen molar-refractivity contribution in [2.75, 3.05) is 16.4 Å². The molecule has 1 saturated carbocycles. The van der Waals surface area contributed by atoms with Gasteiger partial charge in [0, 0.05) is 6.04 Å². The number of hydrogen-bond acceptors (Lipinski definition) is 6. The number of nitrogens with zero attached hydrogens (tertiary/aromatic N) is 2. The minimum Gasteiger partial charge on any atom is -0.335 e. The van der Waals surface area contributed by atoms with E-state index in [0.717, 1.165) is 25.7 Å². The zero-order valence-corrected chi connectivity index (χ0v) is 16.2. The first-order chi connectivity index (χ1) is 13.1. The molecule has 0 bridgehead atoms. The summed E-state index contributed by atoms with van der Waals surface area (Å²) in [6, 6.07) is 5.90. The first-order valence-electron chi connectivity index (χ1n) is 8.68. The molecule has 3 N–H and O–H groups in total. The molecule has 0 spiro atoms. The fraction of sp³-hybridized carbons (Fsp3) is 0.412. The Morgan fingerprint density at radius 2 is 1.93 bits per heavy atom. The second-order valence-corrected chi connectivity index (χ2v) is 8.32. The van der Waals surface area contributed by atoms with E-state index in [2.05, 4.69) is 26.1 Å². The van der Waals surface area contributed by atoms with E-state index in [1.807, 2.05) is 0 Å². The van der Waals surface area contributed by atoms with Crippen LogP contribution in [-0.4, -0.2) is 33.9 Å². The quantitative estimate of drug-likeness (QED) is 0.497. The monoisotopic (exact) mass is 409 g/mol. The molecule has 1 aromatic carbocycles. The highest BCUT2D eigenvalue weighted by Gasteiger charge is 2.17. The van der Waals surface area contributed by atoms with Gasteiger partial charge in [-0.05, 0) is 25.0 Å². The molecular formula is C17H20FN5O2S2. The molecule has 0 unspecified atom stereocenters. The summed E-state index contributed by atoms with van der Waals surface area (Å²) >= 11 is 2.37. The summed E-state index contributed by atoms with van der Waals surface area (Å²) in [6.45, 7) is 0. The number of nitrogens with one attached hydrogen (secondary N) is 3. The molecular weight excluding hydrogens is 389 g/mol. The number of carbonyl (C=O) groups is 2. The van der Waals surface area contributed by atoms with Crippen LogP contribution in [0.5, 0.6) is 0 Å². The second-order valence-electron chi connectivity index (χ2n) is 6.12. The summed E-state index contributed by atoms with van der Waals surface area (Å²) < 4.78 is 14.1. The fourth-order valence-corrected chi connectivity index (χ4v) is 4.31. The molecule has 2 aromatic rings. The molecule has 0 atom stereocenters. The highest BCUT2D eigenvalue weighted by atomic mass is 32.2. The summed E-state index contributed by atoms with van der Waals surface area (Å²) in [5, 5.41) is 16.4. The van der Waals surface area contributed by atoms with Crippen LogP contribution in [0.25, 0.3) is 0 Å². The van der Waals surface area contributed by atoms with Gasteiger partial charge in [0.2, 0.25) is 11.0 Å². The molecule has 0 aliphatic heterocycles. The average molecular weight is 410 g/mol. The Labute approximate surface area is 164 Å². The van der Waals surface area contributed by atoms with Crippen LogP contribution < -0.4 is 16.0 Å². The molecule has 1 heterocycles. The Kier molecular flexibility index (Phi) is 6.99. The molecule has 1 aliphatic rings. The summed E-state index contributed by atoms with van der Waals surface area (Å²) in [7, 11) is 0. The van der Waals surface area contributed by atoms with Crippen molar-refractivity contribution in [3.05, 3.63) is 30.1 Å². The van der Waals surface area contributed by atoms with Crippen LogP contribution in [0.1, 0.15) is 32.1 Å². The highest BCUT2D eigenvalue weighted by Crippen LogP contribution is 2.26. The third kappa shape index (κ3) is 6.17. The number of amides is 3. The highest BCUT2D eigenvalue weighted by molar-refractivity contribution is 8.01. The molecule has 144 valence electrons. The van der Waals surface area contributed by atoms with Crippen LogP contribution in [0.4, 0.5) is 20.0 Å². The SMILES string of the molecule is O=C(CSc1nnc(NC(=O)NC2CCCCC2)s1)Nc1ccccc1F. The first-order valence-corrected chi connectivity index (χ1v) is 10.5. The Bertz CT molecular complexity index is 795. The van der Waals surface area contributed by atoms with Crippen molar-refractivity contribution in [3.8, 4) is 0 Å². The molecule has 1 fully saturated rings. The number of rotatable bonds is 6. The lowest BCUT2D eigenvalue weighted by atomic mass is 9.96. The van der Waals surface area contributed by atoms with Crippen LogP contribution in [0, 0.1) is 5.82 Å². The maximum absolute atomic E-state index is 13.5. The molecule has 0 radical (unpaired) electrons. The van der Waals surface area contributed by atoms with Gasteiger partial charge in [0.25, 0.3) is 0 Å². The first kappa shape index (κ1) is 19.6. The number of anilines is 2. The molecule has 1 aliphatic carbocycles. The Morgan fingerprint density at radius 1 is 1.15 bits per heavy atom. The van der Waals surface area contributed by atoms with E-state index >= 15 is 0 Å².